The van der Waals surface area contributed by atoms with E-state index in [1.165, 1.54) is 0 Å². The van der Waals surface area contributed by atoms with Gasteiger partial charge in [0.2, 0.25) is 0 Å². The lowest BCUT2D eigenvalue weighted by atomic mass is 9.98. The second kappa shape index (κ2) is 2.95. The van der Waals surface area contributed by atoms with Gasteiger partial charge in [0.15, 0.2) is 0 Å². The third-order valence-electron chi connectivity index (χ3n) is 2.48. The van der Waals surface area contributed by atoms with Crippen LogP contribution in [0.15, 0.2) is 0 Å². The SMILES string of the molecule is O=C[C@H]1COC2C1OC[C@@H]2C=O. The van der Waals surface area contributed by atoms with Crippen molar-refractivity contribution in [2.75, 3.05) is 13.2 Å². The van der Waals surface area contributed by atoms with Crippen LogP contribution in [-0.4, -0.2) is 38.0 Å². The molecule has 0 aromatic heterocycles. The highest BCUT2D eigenvalue weighted by molar-refractivity contribution is 5.59. The molecule has 0 aliphatic carbocycles. The van der Waals surface area contributed by atoms with Crippen LogP contribution in [0, 0.1) is 11.8 Å². The Morgan fingerprint density at radius 2 is 1.33 bits per heavy atom. The van der Waals surface area contributed by atoms with Crippen LogP contribution in [0.4, 0.5) is 0 Å². The smallest absolute Gasteiger partial charge is 0.128 e. The van der Waals surface area contributed by atoms with Gasteiger partial charge in [-0.2, -0.15) is 0 Å². The second-order valence-electron chi connectivity index (χ2n) is 3.20. The van der Waals surface area contributed by atoms with Gasteiger partial charge in [0, 0.05) is 0 Å². The fourth-order valence-corrected chi connectivity index (χ4v) is 1.79. The number of carbonyl (C=O) groups is 2. The Bertz CT molecular complexity index is 181. The molecular weight excluding hydrogens is 160 g/mol. The summed E-state index contributed by atoms with van der Waals surface area (Å²) in [5.41, 5.74) is 0. The molecule has 66 valence electrons. The summed E-state index contributed by atoms with van der Waals surface area (Å²) in [6.45, 7) is 0.784. The summed E-state index contributed by atoms with van der Waals surface area (Å²) >= 11 is 0. The van der Waals surface area contributed by atoms with Gasteiger partial charge in [0.1, 0.15) is 12.6 Å². The molecule has 0 bridgehead atoms. The monoisotopic (exact) mass is 170 g/mol. The normalized spacial score (nSPS) is 45.7. The topological polar surface area (TPSA) is 52.6 Å². The molecule has 0 amide bonds. The highest BCUT2D eigenvalue weighted by atomic mass is 16.6. The molecular formula is C8H10O4. The van der Waals surface area contributed by atoms with Crippen LogP contribution in [0.5, 0.6) is 0 Å². The van der Waals surface area contributed by atoms with Gasteiger partial charge >= 0.3 is 0 Å². The molecule has 2 aliphatic rings. The van der Waals surface area contributed by atoms with Crippen molar-refractivity contribution in [2.24, 2.45) is 11.8 Å². The average Bonchev–Trinajstić information content (AvgIpc) is 2.62. The quantitative estimate of drug-likeness (QED) is 0.520. The molecule has 2 fully saturated rings. The van der Waals surface area contributed by atoms with E-state index in [0.29, 0.717) is 13.2 Å². The molecule has 4 atom stereocenters. The summed E-state index contributed by atoms with van der Waals surface area (Å²) in [6, 6.07) is 0. The molecule has 4 heteroatoms. The predicted octanol–water partition coefficient (Wildman–Crippen LogP) is -0.586. The Hall–Kier alpha value is -0.740. The maximum absolute atomic E-state index is 10.5. The molecule has 2 saturated heterocycles. The first-order chi connectivity index (χ1) is 5.86. The number of rotatable bonds is 2. The molecule has 0 saturated carbocycles. The van der Waals surface area contributed by atoms with Crippen molar-refractivity contribution in [3.8, 4) is 0 Å². The van der Waals surface area contributed by atoms with Crippen molar-refractivity contribution in [2.45, 2.75) is 12.2 Å². The number of carbonyl (C=O) groups excluding carboxylic acids is 2. The summed E-state index contributed by atoms with van der Waals surface area (Å²) in [5.74, 6) is -0.361. The molecule has 2 unspecified atom stereocenters. The maximum atomic E-state index is 10.5. The van der Waals surface area contributed by atoms with Crippen LogP contribution in [0.2, 0.25) is 0 Å². The lowest BCUT2D eigenvalue weighted by molar-refractivity contribution is -0.114. The Morgan fingerprint density at radius 1 is 0.917 bits per heavy atom. The summed E-state index contributed by atoms with van der Waals surface area (Å²) in [5, 5.41) is 0. The molecule has 0 aromatic rings. The fourth-order valence-electron chi connectivity index (χ4n) is 1.79. The van der Waals surface area contributed by atoms with E-state index in [1.54, 1.807) is 0 Å². The first-order valence-corrected chi connectivity index (χ1v) is 4.00. The molecule has 2 rings (SSSR count). The second-order valence-corrected chi connectivity index (χ2v) is 3.20. The largest absolute Gasteiger partial charge is 0.374 e. The Balaban J connectivity index is 2.10. The molecule has 0 aromatic carbocycles. The minimum absolute atomic E-state index is 0.181. The third kappa shape index (κ3) is 0.990. The molecule has 2 heterocycles. The molecule has 4 nitrogen and oxygen atoms in total. The highest BCUT2D eigenvalue weighted by Gasteiger charge is 2.47. The van der Waals surface area contributed by atoms with Crippen LogP contribution >= 0.6 is 0 Å². The number of hydrogen-bond acceptors (Lipinski definition) is 4. The number of fused-ring (bicyclic) bond motifs is 1. The molecule has 0 radical (unpaired) electrons. The van der Waals surface area contributed by atoms with E-state index in [0.717, 1.165) is 12.6 Å². The van der Waals surface area contributed by atoms with Crippen molar-refractivity contribution in [3.05, 3.63) is 0 Å². The van der Waals surface area contributed by atoms with Gasteiger partial charge in [-0.1, -0.05) is 0 Å². The zero-order valence-corrected chi connectivity index (χ0v) is 6.51. The first kappa shape index (κ1) is 7.89. The fraction of sp³-hybridized carbons (Fsp3) is 0.750. The van der Waals surface area contributed by atoms with Crippen molar-refractivity contribution >= 4 is 12.6 Å². The first-order valence-electron chi connectivity index (χ1n) is 4.00. The number of ether oxygens (including phenoxy) is 2. The van der Waals surface area contributed by atoms with Crippen molar-refractivity contribution in [1.29, 1.82) is 0 Å². The van der Waals surface area contributed by atoms with Gasteiger partial charge < -0.3 is 19.1 Å². The van der Waals surface area contributed by atoms with Crippen molar-refractivity contribution in [3.63, 3.8) is 0 Å². The summed E-state index contributed by atoms with van der Waals surface area (Å²) in [4.78, 5) is 21.0. The summed E-state index contributed by atoms with van der Waals surface area (Å²) in [7, 11) is 0. The highest BCUT2D eigenvalue weighted by Crippen LogP contribution is 2.32. The molecule has 0 N–H and O–H groups in total. The van der Waals surface area contributed by atoms with Crippen LogP contribution < -0.4 is 0 Å². The molecule has 0 spiro atoms. The zero-order chi connectivity index (χ0) is 8.55. The Kier molecular flexibility index (Phi) is 1.94. The van der Waals surface area contributed by atoms with Gasteiger partial charge in [-0.3, -0.25) is 0 Å². The lowest BCUT2D eigenvalue weighted by Gasteiger charge is -2.09. The summed E-state index contributed by atoms with van der Waals surface area (Å²) in [6.07, 6.45) is 1.32. The summed E-state index contributed by atoms with van der Waals surface area (Å²) < 4.78 is 10.6. The van der Waals surface area contributed by atoms with Gasteiger partial charge in [-0.15, -0.1) is 0 Å². The lowest BCUT2D eigenvalue weighted by Crippen LogP contribution is -2.27. The predicted molar refractivity (Wildman–Crippen MR) is 38.6 cm³/mol. The average molecular weight is 170 g/mol. The van der Waals surface area contributed by atoms with E-state index >= 15 is 0 Å². The van der Waals surface area contributed by atoms with Crippen LogP contribution in [0.1, 0.15) is 0 Å². The van der Waals surface area contributed by atoms with Crippen LogP contribution in [0.25, 0.3) is 0 Å². The molecule has 12 heavy (non-hydrogen) atoms. The van der Waals surface area contributed by atoms with Gasteiger partial charge in [-0.05, 0) is 0 Å². The minimum atomic E-state index is -0.183. The van der Waals surface area contributed by atoms with Crippen molar-refractivity contribution in [1.82, 2.24) is 0 Å². The Labute approximate surface area is 69.8 Å². The maximum Gasteiger partial charge on any atom is 0.128 e. The van der Waals surface area contributed by atoms with E-state index in [1.807, 2.05) is 0 Å². The van der Waals surface area contributed by atoms with E-state index in [9.17, 15) is 9.59 Å². The standard InChI is InChI=1S/C8H10O4/c9-1-5-3-11-8-6(2-10)4-12-7(5)8/h1-2,5-8H,3-4H2/t5-,6-,7?,8?/m0/s1. The van der Waals surface area contributed by atoms with Crippen LogP contribution in [0.3, 0.4) is 0 Å². The number of hydrogen-bond donors (Lipinski definition) is 0. The zero-order valence-electron chi connectivity index (χ0n) is 6.51. The van der Waals surface area contributed by atoms with E-state index < -0.39 is 0 Å². The van der Waals surface area contributed by atoms with Gasteiger partial charge in [-0.25, -0.2) is 0 Å². The van der Waals surface area contributed by atoms with Gasteiger partial charge in [0.25, 0.3) is 0 Å². The molecule has 2 aliphatic heterocycles. The van der Waals surface area contributed by atoms with E-state index in [4.69, 9.17) is 9.47 Å². The number of aldehydes is 2. The van der Waals surface area contributed by atoms with E-state index in [-0.39, 0.29) is 24.0 Å². The third-order valence-corrected chi connectivity index (χ3v) is 2.48. The van der Waals surface area contributed by atoms with Gasteiger partial charge in [0.05, 0.1) is 37.3 Å². The van der Waals surface area contributed by atoms with Crippen LogP contribution in [-0.2, 0) is 19.1 Å². The minimum Gasteiger partial charge on any atom is -0.374 e. The van der Waals surface area contributed by atoms with Crippen molar-refractivity contribution < 1.29 is 19.1 Å². The Morgan fingerprint density at radius 3 is 1.67 bits per heavy atom. The van der Waals surface area contributed by atoms with E-state index in [2.05, 4.69) is 0 Å².